The summed E-state index contributed by atoms with van der Waals surface area (Å²) in [6.45, 7) is 2.42. The lowest BCUT2D eigenvalue weighted by atomic mass is 9.96. The van der Waals surface area contributed by atoms with Gasteiger partial charge in [0.1, 0.15) is 17.3 Å². The van der Waals surface area contributed by atoms with Crippen LogP contribution in [-0.4, -0.2) is 33.3 Å². The fourth-order valence-electron chi connectivity index (χ4n) is 3.56. The predicted octanol–water partition coefficient (Wildman–Crippen LogP) is 3.70. The third kappa shape index (κ3) is 3.57. The van der Waals surface area contributed by atoms with Crippen LogP contribution in [0.25, 0.3) is 5.76 Å². The summed E-state index contributed by atoms with van der Waals surface area (Å²) in [5.41, 5.74) is 1.08. The maximum absolute atomic E-state index is 13.0. The van der Waals surface area contributed by atoms with E-state index in [4.69, 9.17) is 9.15 Å². The second kappa shape index (κ2) is 8.24. The minimum Gasteiger partial charge on any atom is -0.507 e. The van der Waals surface area contributed by atoms with Gasteiger partial charge in [-0.05, 0) is 48.9 Å². The molecule has 0 spiro atoms. The van der Waals surface area contributed by atoms with Crippen LogP contribution in [0.3, 0.4) is 0 Å². The van der Waals surface area contributed by atoms with Crippen LogP contribution in [0.5, 0.6) is 5.75 Å². The molecule has 7 heteroatoms. The van der Waals surface area contributed by atoms with Gasteiger partial charge in [0.05, 0.1) is 31.0 Å². The van der Waals surface area contributed by atoms with Crippen LogP contribution in [0.1, 0.15) is 29.9 Å². The highest BCUT2D eigenvalue weighted by molar-refractivity contribution is 6.46. The quantitative estimate of drug-likeness (QED) is 0.383. The number of ketones is 1. The molecule has 152 valence electrons. The minimum atomic E-state index is -0.770. The van der Waals surface area contributed by atoms with Gasteiger partial charge in [0, 0.05) is 18.0 Å². The number of carbonyl (C=O) groups is 2. The van der Waals surface area contributed by atoms with E-state index in [-0.39, 0.29) is 17.9 Å². The first-order valence-corrected chi connectivity index (χ1v) is 9.54. The van der Waals surface area contributed by atoms with Gasteiger partial charge in [-0.3, -0.25) is 14.6 Å². The summed E-state index contributed by atoms with van der Waals surface area (Å²) in [7, 11) is 0. The average molecular weight is 404 g/mol. The second-order valence-electron chi connectivity index (χ2n) is 6.75. The largest absolute Gasteiger partial charge is 0.507 e. The number of likely N-dealkylation sites (tertiary alicyclic amines) is 1. The molecule has 2 aromatic heterocycles. The van der Waals surface area contributed by atoms with Crippen molar-refractivity contribution >= 4 is 17.4 Å². The standard InChI is InChI=1S/C23H20N2O5/c1-2-29-17-6-3-5-16(13-17)21(26)19-20(15-8-10-24-11-9-15)25(23(28)22(19)27)14-18-7-4-12-30-18/h3-13,20,26H,2,14H2,1H3/b21-19+. The van der Waals surface area contributed by atoms with E-state index in [2.05, 4.69) is 4.98 Å². The number of Topliss-reactive ketones (excluding diaryl/α,β-unsaturated/α-hetero) is 1. The number of amides is 1. The van der Waals surface area contributed by atoms with Crippen molar-refractivity contribution in [1.29, 1.82) is 0 Å². The maximum Gasteiger partial charge on any atom is 0.296 e. The Morgan fingerprint density at radius 1 is 1.17 bits per heavy atom. The van der Waals surface area contributed by atoms with Crippen molar-refractivity contribution in [2.75, 3.05) is 6.61 Å². The van der Waals surface area contributed by atoms with Crippen LogP contribution in [-0.2, 0) is 16.1 Å². The molecule has 1 atom stereocenters. The van der Waals surface area contributed by atoms with Crippen LogP contribution in [0.2, 0.25) is 0 Å². The van der Waals surface area contributed by atoms with Crippen LogP contribution in [0.4, 0.5) is 0 Å². The number of hydrogen-bond acceptors (Lipinski definition) is 6. The summed E-state index contributed by atoms with van der Waals surface area (Å²) in [6, 6.07) is 12.9. The van der Waals surface area contributed by atoms with E-state index in [9.17, 15) is 14.7 Å². The number of rotatable bonds is 6. The molecule has 0 radical (unpaired) electrons. The highest BCUT2D eigenvalue weighted by atomic mass is 16.5. The number of carbonyl (C=O) groups excluding carboxylic acids is 2. The predicted molar refractivity (Wildman–Crippen MR) is 108 cm³/mol. The Morgan fingerprint density at radius 3 is 2.67 bits per heavy atom. The van der Waals surface area contributed by atoms with E-state index in [0.29, 0.717) is 29.2 Å². The Labute approximate surface area is 173 Å². The number of benzene rings is 1. The number of aromatic nitrogens is 1. The molecule has 3 aromatic rings. The lowest BCUT2D eigenvalue weighted by Crippen LogP contribution is -2.29. The lowest BCUT2D eigenvalue weighted by Gasteiger charge is -2.24. The highest BCUT2D eigenvalue weighted by Crippen LogP contribution is 2.40. The van der Waals surface area contributed by atoms with Gasteiger partial charge in [-0.1, -0.05) is 12.1 Å². The van der Waals surface area contributed by atoms with Gasteiger partial charge in [-0.25, -0.2) is 0 Å². The normalized spacial score (nSPS) is 18.0. The summed E-state index contributed by atoms with van der Waals surface area (Å²) in [4.78, 5) is 31.3. The molecule has 1 N–H and O–H groups in total. The molecule has 0 saturated carbocycles. The summed E-state index contributed by atoms with van der Waals surface area (Å²) in [5.74, 6) is -0.599. The zero-order valence-corrected chi connectivity index (χ0v) is 16.3. The maximum atomic E-state index is 13.0. The van der Waals surface area contributed by atoms with Crippen molar-refractivity contribution in [1.82, 2.24) is 9.88 Å². The van der Waals surface area contributed by atoms with E-state index in [0.717, 1.165) is 0 Å². The molecule has 30 heavy (non-hydrogen) atoms. The molecule has 1 amide bonds. The van der Waals surface area contributed by atoms with Gasteiger partial charge < -0.3 is 19.2 Å². The first kappa shape index (κ1) is 19.4. The zero-order chi connectivity index (χ0) is 21.1. The Balaban J connectivity index is 1.84. The lowest BCUT2D eigenvalue weighted by molar-refractivity contribution is -0.140. The topological polar surface area (TPSA) is 92.9 Å². The van der Waals surface area contributed by atoms with E-state index in [1.165, 1.54) is 11.2 Å². The Kier molecular flexibility index (Phi) is 5.34. The Hall–Kier alpha value is -3.87. The molecule has 1 unspecified atom stereocenters. The smallest absolute Gasteiger partial charge is 0.296 e. The minimum absolute atomic E-state index is 0.0198. The van der Waals surface area contributed by atoms with Crippen molar-refractivity contribution < 1.29 is 23.8 Å². The highest BCUT2D eigenvalue weighted by Gasteiger charge is 2.46. The fraction of sp³-hybridized carbons (Fsp3) is 0.174. The van der Waals surface area contributed by atoms with E-state index in [1.807, 2.05) is 6.92 Å². The average Bonchev–Trinajstić information content (AvgIpc) is 3.37. The zero-order valence-electron chi connectivity index (χ0n) is 16.3. The van der Waals surface area contributed by atoms with Gasteiger partial charge in [0.2, 0.25) is 0 Å². The Morgan fingerprint density at radius 2 is 1.97 bits per heavy atom. The molecule has 7 nitrogen and oxygen atoms in total. The van der Waals surface area contributed by atoms with Crippen LogP contribution >= 0.6 is 0 Å². The molecule has 1 aliphatic heterocycles. The molecular formula is C23H20N2O5. The van der Waals surface area contributed by atoms with E-state index >= 15 is 0 Å². The first-order chi connectivity index (χ1) is 14.6. The van der Waals surface area contributed by atoms with Crippen molar-refractivity contribution in [2.24, 2.45) is 0 Å². The third-order valence-electron chi connectivity index (χ3n) is 4.89. The number of pyridine rings is 1. The van der Waals surface area contributed by atoms with E-state index in [1.54, 1.807) is 60.9 Å². The van der Waals surface area contributed by atoms with Crippen LogP contribution in [0, 0.1) is 0 Å². The van der Waals surface area contributed by atoms with Crippen molar-refractivity contribution in [3.8, 4) is 5.75 Å². The second-order valence-corrected chi connectivity index (χ2v) is 6.75. The molecule has 1 saturated heterocycles. The summed E-state index contributed by atoms with van der Waals surface area (Å²) in [5, 5.41) is 11.1. The number of furan rings is 1. The molecule has 0 bridgehead atoms. The van der Waals surface area contributed by atoms with Crippen molar-refractivity contribution in [3.05, 3.63) is 89.6 Å². The monoisotopic (exact) mass is 404 g/mol. The van der Waals surface area contributed by atoms with Gasteiger partial charge in [-0.2, -0.15) is 0 Å². The number of nitrogens with zero attached hydrogens (tertiary/aromatic N) is 2. The first-order valence-electron chi connectivity index (χ1n) is 9.54. The Bertz CT molecular complexity index is 1090. The number of aliphatic hydroxyl groups excluding tert-OH is 1. The molecule has 1 fully saturated rings. The number of ether oxygens (including phenoxy) is 1. The molecular weight excluding hydrogens is 384 g/mol. The van der Waals surface area contributed by atoms with Crippen molar-refractivity contribution in [2.45, 2.75) is 19.5 Å². The SMILES string of the molecule is CCOc1cccc(/C(O)=C2\C(=O)C(=O)N(Cc3ccco3)C2c2ccncc2)c1. The molecule has 3 heterocycles. The summed E-state index contributed by atoms with van der Waals surface area (Å²) >= 11 is 0. The molecule has 0 aliphatic carbocycles. The third-order valence-corrected chi connectivity index (χ3v) is 4.89. The number of hydrogen-bond donors (Lipinski definition) is 1. The fourth-order valence-corrected chi connectivity index (χ4v) is 3.56. The summed E-state index contributed by atoms with van der Waals surface area (Å²) in [6.07, 6.45) is 4.67. The van der Waals surface area contributed by atoms with Gasteiger partial charge in [0.15, 0.2) is 0 Å². The van der Waals surface area contributed by atoms with Crippen LogP contribution in [0.15, 0.2) is 77.2 Å². The molecule has 1 aromatic carbocycles. The van der Waals surface area contributed by atoms with Gasteiger partial charge in [-0.15, -0.1) is 0 Å². The molecule has 4 rings (SSSR count). The van der Waals surface area contributed by atoms with Crippen LogP contribution < -0.4 is 4.74 Å². The molecule has 1 aliphatic rings. The summed E-state index contributed by atoms with van der Waals surface area (Å²) < 4.78 is 10.9. The van der Waals surface area contributed by atoms with Gasteiger partial charge >= 0.3 is 0 Å². The van der Waals surface area contributed by atoms with Crippen molar-refractivity contribution in [3.63, 3.8) is 0 Å². The van der Waals surface area contributed by atoms with Gasteiger partial charge in [0.25, 0.3) is 11.7 Å². The van der Waals surface area contributed by atoms with E-state index < -0.39 is 17.7 Å². The number of aliphatic hydroxyl groups is 1.